The predicted octanol–water partition coefficient (Wildman–Crippen LogP) is 4.59. The van der Waals surface area contributed by atoms with E-state index in [9.17, 15) is 13.2 Å². The van der Waals surface area contributed by atoms with Crippen molar-refractivity contribution in [2.75, 3.05) is 15.9 Å². The Labute approximate surface area is 194 Å². The number of hydrogen-bond donors (Lipinski definition) is 1. The molecular formula is C20H21ClN4O3S3. The molecule has 0 bridgehead atoms. The van der Waals surface area contributed by atoms with Crippen LogP contribution in [0.25, 0.3) is 0 Å². The zero-order valence-corrected chi connectivity index (χ0v) is 20.3. The van der Waals surface area contributed by atoms with Crippen LogP contribution in [-0.2, 0) is 20.6 Å². The Balaban J connectivity index is 1.72. The van der Waals surface area contributed by atoms with Crippen LogP contribution in [0.3, 0.4) is 0 Å². The summed E-state index contributed by atoms with van der Waals surface area (Å²) in [5.41, 5.74) is 2.20. The molecule has 0 radical (unpaired) electrons. The van der Waals surface area contributed by atoms with E-state index in [2.05, 4.69) is 15.5 Å². The second kappa shape index (κ2) is 9.99. The Bertz CT molecular complexity index is 1170. The summed E-state index contributed by atoms with van der Waals surface area (Å²) in [6.07, 6.45) is 1.06. The summed E-state index contributed by atoms with van der Waals surface area (Å²) >= 11 is 8.81. The van der Waals surface area contributed by atoms with Crippen molar-refractivity contribution in [1.29, 1.82) is 0 Å². The number of rotatable bonds is 8. The lowest BCUT2D eigenvalue weighted by molar-refractivity contribution is -0.116. The number of halogens is 1. The van der Waals surface area contributed by atoms with Gasteiger partial charge < -0.3 is 0 Å². The molecule has 0 aliphatic heterocycles. The second-order valence-corrected chi connectivity index (χ2v) is 11.3. The van der Waals surface area contributed by atoms with E-state index in [-0.39, 0.29) is 0 Å². The van der Waals surface area contributed by atoms with Gasteiger partial charge >= 0.3 is 0 Å². The molecular weight excluding hydrogens is 476 g/mol. The molecule has 11 heteroatoms. The van der Waals surface area contributed by atoms with E-state index in [1.807, 2.05) is 30.3 Å². The number of amides is 1. The molecule has 7 nitrogen and oxygen atoms in total. The summed E-state index contributed by atoms with van der Waals surface area (Å²) in [7, 11) is -3.75. The van der Waals surface area contributed by atoms with Crippen LogP contribution in [0.1, 0.15) is 18.1 Å². The molecule has 1 aromatic heterocycles. The van der Waals surface area contributed by atoms with Gasteiger partial charge in [0.05, 0.1) is 11.9 Å². The molecule has 2 aromatic carbocycles. The van der Waals surface area contributed by atoms with Crippen LogP contribution >= 0.6 is 34.7 Å². The maximum absolute atomic E-state index is 12.8. The Kier molecular flexibility index (Phi) is 7.58. The van der Waals surface area contributed by atoms with Crippen LogP contribution in [0.15, 0.2) is 52.9 Å². The Morgan fingerprint density at radius 2 is 1.94 bits per heavy atom. The van der Waals surface area contributed by atoms with Crippen LogP contribution in [0.4, 0.5) is 10.8 Å². The van der Waals surface area contributed by atoms with Crippen molar-refractivity contribution in [2.45, 2.75) is 30.0 Å². The molecule has 31 heavy (non-hydrogen) atoms. The van der Waals surface area contributed by atoms with Crippen LogP contribution < -0.4 is 9.62 Å². The average Bonchev–Trinajstić information content (AvgIpc) is 3.16. The van der Waals surface area contributed by atoms with Gasteiger partial charge in [0.2, 0.25) is 21.1 Å². The van der Waals surface area contributed by atoms with Crippen molar-refractivity contribution >= 4 is 61.4 Å². The molecule has 3 aromatic rings. The summed E-state index contributed by atoms with van der Waals surface area (Å²) < 4.78 is 26.8. The number of sulfonamides is 1. The molecule has 1 atom stereocenters. The topological polar surface area (TPSA) is 92.3 Å². The highest BCUT2D eigenvalue weighted by atomic mass is 35.5. The minimum atomic E-state index is -3.75. The third-order valence-corrected chi connectivity index (χ3v) is 7.84. The van der Waals surface area contributed by atoms with Gasteiger partial charge in [0.15, 0.2) is 4.34 Å². The molecule has 0 spiro atoms. The number of anilines is 2. The van der Waals surface area contributed by atoms with E-state index >= 15 is 0 Å². The maximum atomic E-state index is 12.8. The third kappa shape index (κ3) is 6.19. The Morgan fingerprint density at radius 1 is 1.23 bits per heavy atom. The van der Waals surface area contributed by atoms with Gasteiger partial charge in [0.25, 0.3) is 0 Å². The monoisotopic (exact) mass is 496 g/mol. The number of carbonyl (C=O) groups excluding carboxylic acids is 1. The first-order valence-corrected chi connectivity index (χ1v) is 13.2. The average molecular weight is 497 g/mol. The molecule has 0 aliphatic carbocycles. The summed E-state index contributed by atoms with van der Waals surface area (Å²) in [6, 6.07) is 13.8. The Hall–Kier alpha value is -2.14. The summed E-state index contributed by atoms with van der Waals surface area (Å²) in [4.78, 5) is 12.8. The van der Waals surface area contributed by atoms with Gasteiger partial charge in [-0.1, -0.05) is 71.1 Å². The molecule has 0 aliphatic rings. The van der Waals surface area contributed by atoms with Gasteiger partial charge in [-0.3, -0.25) is 14.4 Å². The molecule has 1 unspecified atom stereocenters. The van der Waals surface area contributed by atoms with Crippen molar-refractivity contribution in [3.8, 4) is 0 Å². The lowest BCUT2D eigenvalue weighted by Crippen LogP contribution is -2.45. The number of benzene rings is 2. The fourth-order valence-corrected chi connectivity index (χ4v) is 5.95. The van der Waals surface area contributed by atoms with Gasteiger partial charge in [-0.25, -0.2) is 8.42 Å². The second-order valence-electron chi connectivity index (χ2n) is 6.80. The quantitative estimate of drug-likeness (QED) is 0.362. The van der Waals surface area contributed by atoms with E-state index in [0.29, 0.717) is 25.7 Å². The fraction of sp³-hybridized carbons (Fsp3) is 0.250. The van der Waals surface area contributed by atoms with Crippen molar-refractivity contribution in [3.63, 3.8) is 0 Å². The fourth-order valence-electron chi connectivity index (χ4n) is 2.85. The summed E-state index contributed by atoms with van der Waals surface area (Å²) in [5.74, 6) is 0.218. The number of hydrogen-bond acceptors (Lipinski definition) is 7. The SMILES string of the molecule is Cc1ccc(Cl)cc1N(C(C)C(=O)Nc1nnc(SCc2ccccc2)s1)S(C)(=O)=O. The van der Waals surface area contributed by atoms with E-state index in [4.69, 9.17) is 11.6 Å². The van der Waals surface area contributed by atoms with Crippen molar-refractivity contribution in [3.05, 3.63) is 64.7 Å². The molecule has 164 valence electrons. The van der Waals surface area contributed by atoms with Gasteiger partial charge in [-0.05, 0) is 37.1 Å². The first-order valence-electron chi connectivity index (χ1n) is 9.22. The lowest BCUT2D eigenvalue weighted by atomic mass is 10.2. The normalized spacial score (nSPS) is 12.4. The van der Waals surface area contributed by atoms with Gasteiger partial charge in [-0.2, -0.15) is 0 Å². The minimum Gasteiger partial charge on any atom is -0.299 e. The smallest absolute Gasteiger partial charge is 0.249 e. The predicted molar refractivity (Wildman–Crippen MR) is 128 cm³/mol. The molecule has 0 saturated carbocycles. The van der Waals surface area contributed by atoms with E-state index in [0.717, 1.165) is 21.9 Å². The molecule has 1 N–H and O–H groups in total. The molecule has 1 heterocycles. The molecule has 3 rings (SSSR count). The minimum absolute atomic E-state index is 0.309. The number of nitrogens with zero attached hydrogens (tertiary/aromatic N) is 3. The standard InChI is InChI=1S/C20H21ClN4O3S3/c1-13-9-10-16(21)11-17(13)25(31(3,27)28)14(2)18(26)22-19-23-24-20(30-19)29-12-15-7-5-4-6-8-15/h4-11,14H,12H2,1-3H3,(H,22,23,26). The summed E-state index contributed by atoms with van der Waals surface area (Å²) in [5, 5.41) is 11.5. The Morgan fingerprint density at radius 3 is 2.61 bits per heavy atom. The highest BCUT2D eigenvalue weighted by Gasteiger charge is 2.31. The lowest BCUT2D eigenvalue weighted by Gasteiger charge is -2.29. The maximum Gasteiger partial charge on any atom is 0.249 e. The van der Waals surface area contributed by atoms with E-state index in [1.165, 1.54) is 36.1 Å². The van der Waals surface area contributed by atoms with Crippen molar-refractivity contribution in [2.24, 2.45) is 0 Å². The molecule has 0 saturated heterocycles. The zero-order chi connectivity index (χ0) is 22.6. The third-order valence-electron chi connectivity index (χ3n) is 4.34. The number of thioether (sulfide) groups is 1. The number of aromatic nitrogens is 2. The van der Waals surface area contributed by atoms with E-state index < -0.39 is 22.0 Å². The highest BCUT2D eigenvalue weighted by Crippen LogP contribution is 2.30. The van der Waals surface area contributed by atoms with Crippen LogP contribution in [-0.4, -0.2) is 36.8 Å². The van der Waals surface area contributed by atoms with Crippen molar-refractivity contribution < 1.29 is 13.2 Å². The largest absolute Gasteiger partial charge is 0.299 e. The van der Waals surface area contributed by atoms with Crippen LogP contribution in [0.5, 0.6) is 0 Å². The first kappa shape index (κ1) is 23.5. The molecule has 1 amide bonds. The molecule has 0 fully saturated rings. The van der Waals surface area contributed by atoms with Gasteiger partial charge in [0.1, 0.15) is 6.04 Å². The van der Waals surface area contributed by atoms with Gasteiger partial charge in [-0.15, -0.1) is 10.2 Å². The number of aryl methyl sites for hydroxylation is 1. The summed E-state index contributed by atoms with van der Waals surface area (Å²) in [6.45, 7) is 3.28. The van der Waals surface area contributed by atoms with Crippen LogP contribution in [0, 0.1) is 6.92 Å². The van der Waals surface area contributed by atoms with Gasteiger partial charge in [0, 0.05) is 10.8 Å². The van der Waals surface area contributed by atoms with Crippen LogP contribution in [0.2, 0.25) is 5.02 Å². The zero-order valence-electron chi connectivity index (χ0n) is 17.1. The van der Waals surface area contributed by atoms with Crippen molar-refractivity contribution in [1.82, 2.24) is 10.2 Å². The first-order chi connectivity index (χ1) is 14.6. The number of nitrogens with one attached hydrogen (secondary N) is 1. The highest BCUT2D eigenvalue weighted by molar-refractivity contribution is 8.00. The van der Waals surface area contributed by atoms with E-state index in [1.54, 1.807) is 19.1 Å². The number of carbonyl (C=O) groups is 1.